The predicted octanol–water partition coefficient (Wildman–Crippen LogP) is 2.19. The van der Waals surface area contributed by atoms with E-state index in [0.29, 0.717) is 5.41 Å². The van der Waals surface area contributed by atoms with Gasteiger partial charge in [-0.05, 0) is 31.6 Å². The molecular formula is C10H18O. The minimum absolute atomic E-state index is 0.0556. The third kappa shape index (κ3) is 0.752. The van der Waals surface area contributed by atoms with Gasteiger partial charge in [-0.2, -0.15) is 0 Å². The second-order valence-corrected chi connectivity index (χ2v) is 4.30. The zero-order valence-corrected chi connectivity index (χ0v) is 7.51. The average molecular weight is 154 g/mol. The lowest BCUT2D eigenvalue weighted by molar-refractivity contribution is 0.0952. The van der Waals surface area contributed by atoms with Crippen LogP contribution in [0.5, 0.6) is 0 Å². The van der Waals surface area contributed by atoms with Crippen molar-refractivity contribution >= 4 is 0 Å². The molecule has 1 heteroatoms. The van der Waals surface area contributed by atoms with E-state index in [4.69, 9.17) is 0 Å². The highest BCUT2D eigenvalue weighted by Crippen LogP contribution is 2.71. The van der Waals surface area contributed by atoms with Crippen molar-refractivity contribution in [2.75, 3.05) is 0 Å². The Bertz CT molecular complexity index is 158. The van der Waals surface area contributed by atoms with Gasteiger partial charge in [-0.1, -0.05) is 19.8 Å². The second-order valence-electron chi connectivity index (χ2n) is 4.30. The molecule has 0 amide bonds. The molecule has 0 aromatic heterocycles. The Morgan fingerprint density at radius 1 is 1.64 bits per heavy atom. The van der Waals surface area contributed by atoms with E-state index in [9.17, 15) is 5.11 Å². The monoisotopic (exact) mass is 154 g/mol. The maximum Gasteiger partial charge on any atom is 0.0573 e. The largest absolute Gasteiger partial charge is 0.393 e. The Hall–Kier alpha value is -0.0400. The third-order valence-corrected chi connectivity index (χ3v) is 4.10. The lowest BCUT2D eigenvalue weighted by Gasteiger charge is -2.17. The van der Waals surface area contributed by atoms with Crippen molar-refractivity contribution in [1.29, 1.82) is 0 Å². The lowest BCUT2D eigenvalue weighted by atomic mass is 9.93. The summed E-state index contributed by atoms with van der Waals surface area (Å²) < 4.78 is 0. The van der Waals surface area contributed by atoms with Gasteiger partial charge < -0.3 is 5.11 Å². The van der Waals surface area contributed by atoms with Crippen LogP contribution in [-0.2, 0) is 0 Å². The first-order chi connectivity index (χ1) is 5.23. The van der Waals surface area contributed by atoms with Crippen LogP contribution in [0.2, 0.25) is 0 Å². The number of hydrogen-bond donors (Lipinski definition) is 1. The Balaban J connectivity index is 2.13. The summed E-state index contributed by atoms with van der Waals surface area (Å²) in [5, 5.41) is 9.65. The van der Waals surface area contributed by atoms with Crippen molar-refractivity contribution in [3.63, 3.8) is 0 Å². The van der Waals surface area contributed by atoms with E-state index >= 15 is 0 Å². The Kier molecular flexibility index (Phi) is 1.54. The van der Waals surface area contributed by atoms with E-state index in [1.807, 2.05) is 6.92 Å². The number of rotatable bonds is 2. The van der Waals surface area contributed by atoms with E-state index in [-0.39, 0.29) is 6.10 Å². The van der Waals surface area contributed by atoms with Crippen molar-refractivity contribution in [2.45, 2.75) is 45.6 Å². The summed E-state index contributed by atoms with van der Waals surface area (Å²) >= 11 is 0. The summed E-state index contributed by atoms with van der Waals surface area (Å²) in [6.45, 7) is 4.24. The van der Waals surface area contributed by atoms with Gasteiger partial charge >= 0.3 is 0 Å². The van der Waals surface area contributed by atoms with E-state index in [1.54, 1.807) is 0 Å². The van der Waals surface area contributed by atoms with E-state index in [0.717, 1.165) is 11.8 Å². The fourth-order valence-corrected chi connectivity index (χ4v) is 3.59. The van der Waals surface area contributed by atoms with Gasteiger partial charge in [0.25, 0.3) is 0 Å². The van der Waals surface area contributed by atoms with Crippen LogP contribution in [0.25, 0.3) is 0 Å². The van der Waals surface area contributed by atoms with Crippen LogP contribution in [0.15, 0.2) is 0 Å². The molecule has 0 saturated heterocycles. The molecule has 4 unspecified atom stereocenters. The number of hydrogen-bond acceptors (Lipinski definition) is 1. The Morgan fingerprint density at radius 2 is 2.36 bits per heavy atom. The molecule has 0 aromatic carbocycles. The van der Waals surface area contributed by atoms with E-state index < -0.39 is 0 Å². The van der Waals surface area contributed by atoms with E-state index in [2.05, 4.69) is 6.92 Å². The SMILES string of the molecule is CCC1C2CCCC12C(C)O. The van der Waals surface area contributed by atoms with Gasteiger partial charge in [0, 0.05) is 5.41 Å². The molecule has 2 aliphatic carbocycles. The molecule has 1 nitrogen and oxygen atoms in total. The summed E-state index contributed by atoms with van der Waals surface area (Å²) in [5.41, 5.74) is 0.384. The van der Waals surface area contributed by atoms with Gasteiger partial charge in [0.05, 0.1) is 6.10 Å². The average Bonchev–Trinajstić information content (AvgIpc) is 2.38. The van der Waals surface area contributed by atoms with Crippen molar-refractivity contribution in [1.82, 2.24) is 0 Å². The van der Waals surface area contributed by atoms with Crippen LogP contribution in [-0.4, -0.2) is 11.2 Å². The van der Waals surface area contributed by atoms with Crippen LogP contribution in [0.1, 0.15) is 39.5 Å². The minimum Gasteiger partial charge on any atom is -0.393 e. The maximum atomic E-state index is 9.65. The third-order valence-electron chi connectivity index (χ3n) is 4.10. The molecule has 0 bridgehead atoms. The topological polar surface area (TPSA) is 20.2 Å². The molecule has 4 atom stereocenters. The zero-order chi connectivity index (χ0) is 8.06. The normalized spacial score (nSPS) is 50.5. The minimum atomic E-state index is -0.0556. The van der Waals surface area contributed by atoms with Crippen LogP contribution in [0.4, 0.5) is 0 Å². The molecule has 2 fully saturated rings. The highest BCUT2D eigenvalue weighted by atomic mass is 16.3. The highest BCUT2D eigenvalue weighted by molar-refractivity contribution is 5.15. The Morgan fingerprint density at radius 3 is 2.73 bits per heavy atom. The predicted molar refractivity (Wildman–Crippen MR) is 45.2 cm³/mol. The summed E-state index contributed by atoms with van der Waals surface area (Å²) in [6.07, 6.45) is 5.23. The molecule has 11 heavy (non-hydrogen) atoms. The van der Waals surface area contributed by atoms with Crippen LogP contribution >= 0.6 is 0 Å². The van der Waals surface area contributed by atoms with Crippen molar-refractivity contribution in [3.05, 3.63) is 0 Å². The van der Waals surface area contributed by atoms with Crippen LogP contribution < -0.4 is 0 Å². The molecule has 64 valence electrons. The van der Waals surface area contributed by atoms with Crippen molar-refractivity contribution in [3.8, 4) is 0 Å². The first-order valence-electron chi connectivity index (χ1n) is 4.91. The molecule has 0 heterocycles. The lowest BCUT2D eigenvalue weighted by Crippen LogP contribution is -2.19. The summed E-state index contributed by atoms with van der Waals surface area (Å²) in [4.78, 5) is 0. The van der Waals surface area contributed by atoms with Gasteiger partial charge in [-0.15, -0.1) is 0 Å². The first-order valence-corrected chi connectivity index (χ1v) is 4.91. The summed E-state index contributed by atoms with van der Waals surface area (Å²) in [5.74, 6) is 1.74. The van der Waals surface area contributed by atoms with Crippen LogP contribution in [0, 0.1) is 17.3 Å². The van der Waals surface area contributed by atoms with Crippen LogP contribution in [0.3, 0.4) is 0 Å². The van der Waals surface area contributed by atoms with Gasteiger partial charge in [0.15, 0.2) is 0 Å². The van der Waals surface area contributed by atoms with Gasteiger partial charge in [0.2, 0.25) is 0 Å². The standard InChI is InChI=1S/C10H18O/c1-3-8-9-5-4-6-10(8,9)7(2)11/h7-9,11H,3-6H2,1-2H3. The van der Waals surface area contributed by atoms with Gasteiger partial charge in [0.1, 0.15) is 0 Å². The molecule has 0 aromatic rings. The molecule has 0 aliphatic heterocycles. The molecular weight excluding hydrogens is 136 g/mol. The summed E-state index contributed by atoms with van der Waals surface area (Å²) in [7, 11) is 0. The molecule has 1 N–H and O–H groups in total. The molecule has 2 rings (SSSR count). The number of aliphatic hydroxyl groups excluding tert-OH is 1. The van der Waals surface area contributed by atoms with Crippen molar-refractivity contribution in [2.24, 2.45) is 17.3 Å². The number of aliphatic hydroxyl groups is 1. The van der Waals surface area contributed by atoms with Crippen molar-refractivity contribution < 1.29 is 5.11 Å². The van der Waals surface area contributed by atoms with Gasteiger partial charge in [-0.3, -0.25) is 0 Å². The molecule has 2 saturated carbocycles. The fraction of sp³-hybridized carbons (Fsp3) is 1.00. The highest BCUT2D eigenvalue weighted by Gasteiger charge is 2.67. The fourth-order valence-electron chi connectivity index (χ4n) is 3.59. The maximum absolute atomic E-state index is 9.65. The summed E-state index contributed by atoms with van der Waals surface area (Å²) in [6, 6.07) is 0. The Labute approximate surface area is 68.8 Å². The van der Waals surface area contributed by atoms with E-state index in [1.165, 1.54) is 25.7 Å². The first kappa shape index (κ1) is 7.60. The zero-order valence-electron chi connectivity index (χ0n) is 7.51. The molecule has 2 aliphatic rings. The van der Waals surface area contributed by atoms with Gasteiger partial charge in [-0.25, -0.2) is 0 Å². The second kappa shape index (κ2) is 2.22. The molecule has 0 spiro atoms. The number of fused-ring (bicyclic) bond motifs is 1. The quantitative estimate of drug-likeness (QED) is 0.646. The smallest absolute Gasteiger partial charge is 0.0573 e. The molecule has 0 radical (unpaired) electrons.